The van der Waals surface area contributed by atoms with Crippen molar-refractivity contribution >= 4 is 23.5 Å². The summed E-state index contributed by atoms with van der Waals surface area (Å²) < 4.78 is 5.51. The van der Waals surface area contributed by atoms with E-state index in [4.69, 9.17) is 4.74 Å². The van der Waals surface area contributed by atoms with Gasteiger partial charge in [0.05, 0.1) is 23.1 Å². The zero-order chi connectivity index (χ0) is 22.5. The van der Waals surface area contributed by atoms with Crippen LogP contribution in [-0.2, 0) is 9.59 Å². The molecule has 0 aromatic heterocycles. The van der Waals surface area contributed by atoms with Gasteiger partial charge in [0.2, 0.25) is 11.8 Å². The molecule has 0 unspecified atom stereocenters. The van der Waals surface area contributed by atoms with Crippen LogP contribution in [0.4, 0.5) is 5.69 Å². The molecule has 3 aliphatic rings. The van der Waals surface area contributed by atoms with Crippen LogP contribution < -0.4 is 9.64 Å². The maximum atomic E-state index is 13.0. The lowest BCUT2D eigenvalue weighted by Gasteiger charge is -2.19. The number of ether oxygens (including phenoxy) is 1. The Labute approximate surface area is 192 Å². The maximum Gasteiger partial charge on any atom is 0.343 e. The number of rotatable bonds is 4. The first-order valence-electron chi connectivity index (χ1n) is 11.5. The predicted octanol–water partition coefficient (Wildman–Crippen LogP) is 5.11. The Morgan fingerprint density at radius 2 is 1.30 bits per heavy atom. The second kappa shape index (κ2) is 7.69. The fraction of sp³-hybridized carbons (Fsp3) is 0.250. The van der Waals surface area contributed by atoms with Crippen LogP contribution >= 0.6 is 0 Å². The standard InChI is InChI=1S/C28H23NO4/c30-26-24-20-6-7-21(16-20)25(24)27(31)29(26)22-12-8-19(9-13-22)28(32)33-23-14-10-18(11-15-23)17-4-2-1-3-5-17/h1-5,8-15,20-21,24-25H,6-7,16H2/t20-,21-,24+,25+/m0/s1. The van der Waals surface area contributed by atoms with E-state index >= 15 is 0 Å². The monoisotopic (exact) mass is 437 g/mol. The van der Waals surface area contributed by atoms with Crippen molar-refractivity contribution in [3.05, 3.63) is 84.4 Å². The van der Waals surface area contributed by atoms with E-state index in [1.807, 2.05) is 42.5 Å². The number of benzene rings is 3. The molecule has 5 heteroatoms. The smallest absolute Gasteiger partial charge is 0.343 e. The summed E-state index contributed by atoms with van der Waals surface area (Å²) in [5.74, 6) is 0.212. The molecule has 3 aromatic carbocycles. The zero-order valence-electron chi connectivity index (χ0n) is 18.0. The molecule has 0 N–H and O–H groups in total. The molecule has 6 rings (SSSR count). The summed E-state index contributed by atoms with van der Waals surface area (Å²) in [6.45, 7) is 0. The molecule has 164 valence electrons. The van der Waals surface area contributed by atoms with Gasteiger partial charge in [-0.1, -0.05) is 42.5 Å². The molecule has 2 saturated carbocycles. The minimum atomic E-state index is -0.483. The van der Waals surface area contributed by atoms with Crippen molar-refractivity contribution in [3.8, 4) is 16.9 Å². The number of carbonyl (C=O) groups is 3. The number of esters is 1. The Kier molecular flexibility index (Phi) is 4.64. The molecular formula is C28H23NO4. The van der Waals surface area contributed by atoms with Crippen LogP contribution in [0, 0.1) is 23.7 Å². The number of nitrogens with zero attached hydrogens (tertiary/aromatic N) is 1. The van der Waals surface area contributed by atoms with Gasteiger partial charge in [0.15, 0.2) is 0 Å². The first-order chi connectivity index (χ1) is 16.1. The van der Waals surface area contributed by atoms with E-state index in [1.165, 1.54) is 4.90 Å². The van der Waals surface area contributed by atoms with Crippen LogP contribution in [0.15, 0.2) is 78.9 Å². The van der Waals surface area contributed by atoms with Gasteiger partial charge in [0.25, 0.3) is 0 Å². The van der Waals surface area contributed by atoms with Crippen LogP contribution in [0.1, 0.15) is 29.6 Å². The predicted molar refractivity (Wildman–Crippen MR) is 124 cm³/mol. The van der Waals surface area contributed by atoms with Crippen LogP contribution in [-0.4, -0.2) is 17.8 Å². The lowest BCUT2D eigenvalue weighted by Crippen LogP contribution is -2.32. The summed E-state index contributed by atoms with van der Waals surface area (Å²) in [5.41, 5.74) is 3.03. The molecule has 0 spiro atoms. The average Bonchev–Trinajstić information content (AvgIpc) is 3.54. The number of hydrogen-bond donors (Lipinski definition) is 0. The van der Waals surface area contributed by atoms with E-state index in [2.05, 4.69) is 0 Å². The molecule has 3 fully saturated rings. The number of hydrogen-bond acceptors (Lipinski definition) is 4. The second-order valence-electron chi connectivity index (χ2n) is 9.22. The van der Waals surface area contributed by atoms with Gasteiger partial charge in [-0.3, -0.25) is 14.5 Å². The van der Waals surface area contributed by atoms with E-state index in [0.29, 0.717) is 28.8 Å². The lowest BCUT2D eigenvalue weighted by atomic mass is 9.81. The van der Waals surface area contributed by atoms with E-state index in [9.17, 15) is 14.4 Å². The van der Waals surface area contributed by atoms with Crippen molar-refractivity contribution in [1.29, 1.82) is 0 Å². The van der Waals surface area contributed by atoms with Crippen molar-refractivity contribution in [2.24, 2.45) is 23.7 Å². The fourth-order valence-electron chi connectivity index (χ4n) is 5.92. The van der Waals surface area contributed by atoms with Crippen LogP contribution in [0.2, 0.25) is 0 Å². The molecule has 1 saturated heterocycles. The van der Waals surface area contributed by atoms with Gasteiger partial charge in [-0.2, -0.15) is 0 Å². The number of carbonyl (C=O) groups excluding carboxylic acids is 3. The Morgan fingerprint density at radius 3 is 1.91 bits per heavy atom. The van der Waals surface area contributed by atoms with Crippen LogP contribution in [0.3, 0.4) is 0 Å². The Morgan fingerprint density at radius 1 is 0.727 bits per heavy atom. The quantitative estimate of drug-likeness (QED) is 0.323. The molecule has 1 heterocycles. The zero-order valence-corrected chi connectivity index (χ0v) is 18.0. The number of amides is 2. The Hall–Kier alpha value is -3.73. The molecular weight excluding hydrogens is 414 g/mol. The third-order valence-corrected chi connectivity index (χ3v) is 7.46. The Bertz CT molecular complexity index is 1210. The van der Waals surface area contributed by atoms with Crippen molar-refractivity contribution in [2.75, 3.05) is 4.90 Å². The summed E-state index contributed by atoms with van der Waals surface area (Å²) in [6.07, 6.45) is 3.11. The van der Waals surface area contributed by atoms with Gasteiger partial charge in [-0.05, 0) is 78.6 Å². The van der Waals surface area contributed by atoms with E-state index in [-0.39, 0.29) is 23.7 Å². The molecule has 0 radical (unpaired) electrons. The largest absolute Gasteiger partial charge is 0.423 e. The molecule has 4 atom stereocenters. The Balaban J connectivity index is 1.15. The van der Waals surface area contributed by atoms with Gasteiger partial charge >= 0.3 is 5.97 Å². The molecule has 2 amide bonds. The highest BCUT2D eigenvalue weighted by atomic mass is 16.5. The topological polar surface area (TPSA) is 63.7 Å². The average molecular weight is 437 g/mol. The van der Waals surface area contributed by atoms with Gasteiger partial charge in [-0.15, -0.1) is 0 Å². The minimum Gasteiger partial charge on any atom is -0.423 e. The highest BCUT2D eigenvalue weighted by molar-refractivity contribution is 6.22. The summed E-state index contributed by atoms with van der Waals surface area (Å²) in [5, 5.41) is 0. The van der Waals surface area contributed by atoms with Crippen LogP contribution in [0.25, 0.3) is 11.1 Å². The number of anilines is 1. The van der Waals surface area contributed by atoms with Crippen molar-refractivity contribution in [2.45, 2.75) is 19.3 Å². The number of imide groups is 1. The number of fused-ring (bicyclic) bond motifs is 5. The second-order valence-corrected chi connectivity index (χ2v) is 9.22. The van der Waals surface area contributed by atoms with E-state index < -0.39 is 5.97 Å². The van der Waals surface area contributed by atoms with Crippen molar-refractivity contribution < 1.29 is 19.1 Å². The summed E-state index contributed by atoms with van der Waals surface area (Å²) >= 11 is 0. The highest BCUT2D eigenvalue weighted by Gasteiger charge is 2.61. The first-order valence-corrected chi connectivity index (χ1v) is 11.5. The SMILES string of the molecule is O=C(Oc1ccc(-c2ccccc2)cc1)c1ccc(N2C(=O)[C@@H]3[C@H]4CC[C@@H](C4)[C@H]3C2=O)cc1. The van der Waals surface area contributed by atoms with E-state index in [1.54, 1.807) is 36.4 Å². The van der Waals surface area contributed by atoms with Gasteiger partial charge in [0, 0.05) is 0 Å². The minimum absolute atomic E-state index is 0.0777. The van der Waals surface area contributed by atoms with Gasteiger partial charge in [-0.25, -0.2) is 4.79 Å². The van der Waals surface area contributed by atoms with Crippen molar-refractivity contribution in [1.82, 2.24) is 0 Å². The summed E-state index contributed by atoms with van der Waals surface area (Å²) in [6, 6.07) is 23.9. The highest BCUT2D eigenvalue weighted by Crippen LogP contribution is 2.56. The third kappa shape index (κ3) is 3.27. The summed E-state index contributed by atoms with van der Waals surface area (Å²) in [4.78, 5) is 39.9. The molecule has 1 aliphatic heterocycles. The maximum absolute atomic E-state index is 13.0. The third-order valence-electron chi connectivity index (χ3n) is 7.46. The van der Waals surface area contributed by atoms with Crippen LogP contribution in [0.5, 0.6) is 5.75 Å². The first kappa shape index (κ1) is 19.9. The van der Waals surface area contributed by atoms with E-state index in [0.717, 1.165) is 30.4 Å². The normalized spacial score (nSPS) is 25.4. The molecule has 5 nitrogen and oxygen atoms in total. The molecule has 2 aliphatic carbocycles. The fourth-order valence-corrected chi connectivity index (χ4v) is 5.92. The molecule has 2 bridgehead atoms. The lowest BCUT2D eigenvalue weighted by molar-refractivity contribution is -0.123. The van der Waals surface area contributed by atoms with Crippen molar-refractivity contribution in [3.63, 3.8) is 0 Å². The van der Waals surface area contributed by atoms with Gasteiger partial charge < -0.3 is 4.74 Å². The summed E-state index contributed by atoms with van der Waals surface area (Å²) in [7, 11) is 0. The van der Waals surface area contributed by atoms with Gasteiger partial charge in [0.1, 0.15) is 5.75 Å². The molecule has 3 aromatic rings. The molecule has 33 heavy (non-hydrogen) atoms.